The van der Waals surface area contributed by atoms with Gasteiger partial charge in [0.15, 0.2) is 0 Å². The van der Waals surface area contributed by atoms with Gasteiger partial charge in [0.05, 0.1) is 0 Å². The third kappa shape index (κ3) is 2.38. The van der Waals surface area contributed by atoms with Crippen LogP contribution in [-0.2, 0) is 6.42 Å². The van der Waals surface area contributed by atoms with Crippen LogP contribution in [-0.4, -0.2) is 4.92 Å². The average Bonchev–Trinajstić information content (AvgIpc) is 2.62. The minimum absolute atomic E-state index is 0.149. The minimum atomic E-state index is -0.774. The van der Waals surface area contributed by atoms with E-state index < -0.39 is 6.04 Å². The molecule has 0 amide bonds. The Kier molecular flexibility index (Phi) is 3.62. The van der Waals surface area contributed by atoms with Crippen molar-refractivity contribution in [2.75, 3.05) is 0 Å². The lowest BCUT2D eigenvalue weighted by molar-refractivity contribution is -0.517. The molecular weight excluding hydrogens is 298 g/mol. The molecule has 0 aliphatic heterocycles. The largest absolute Gasteiger partial charge is 0.264 e. The van der Waals surface area contributed by atoms with Crippen LogP contribution in [0.1, 0.15) is 39.8 Å². The van der Waals surface area contributed by atoms with E-state index in [4.69, 9.17) is 0 Å². The monoisotopic (exact) mass is 315 g/mol. The lowest BCUT2D eigenvalue weighted by Gasteiger charge is -2.30. The first kappa shape index (κ1) is 14.6. The van der Waals surface area contributed by atoms with Crippen molar-refractivity contribution in [3.63, 3.8) is 0 Å². The zero-order valence-corrected chi connectivity index (χ0v) is 13.1. The van der Waals surface area contributed by atoms with Gasteiger partial charge in [0.25, 0.3) is 6.04 Å². The van der Waals surface area contributed by atoms with Crippen LogP contribution in [0.3, 0.4) is 0 Å². The van der Waals surface area contributed by atoms with Crippen LogP contribution in [0.15, 0.2) is 78.9 Å². The summed E-state index contributed by atoms with van der Waals surface area (Å²) in [6.07, 6.45) is 0.847. The molecule has 3 nitrogen and oxygen atoms in total. The Bertz CT molecular complexity index is 842. The lowest BCUT2D eigenvalue weighted by atomic mass is 9.73. The van der Waals surface area contributed by atoms with Gasteiger partial charge in [-0.1, -0.05) is 78.9 Å². The molecule has 1 aliphatic carbocycles. The molecule has 3 aromatic carbocycles. The Morgan fingerprint density at radius 3 is 1.67 bits per heavy atom. The van der Waals surface area contributed by atoms with Gasteiger partial charge in [-0.2, -0.15) is 0 Å². The van der Waals surface area contributed by atoms with E-state index >= 15 is 0 Å². The lowest BCUT2D eigenvalue weighted by Crippen LogP contribution is -2.24. The molecule has 0 fully saturated rings. The van der Waals surface area contributed by atoms with Gasteiger partial charge in [-0.05, 0) is 23.1 Å². The van der Waals surface area contributed by atoms with Crippen molar-refractivity contribution in [1.29, 1.82) is 0 Å². The Hall–Kier alpha value is -2.94. The number of benzene rings is 3. The van der Waals surface area contributed by atoms with E-state index in [2.05, 4.69) is 12.1 Å². The summed E-state index contributed by atoms with van der Waals surface area (Å²) in [5.41, 5.74) is 5.03. The number of nitrogens with zero attached hydrogens (tertiary/aromatic N) is 1. The second-order valence-electron chi connectivity index (χ2n) is 6.19. The van der Waals surface area contributed by atoms with E-state index in [-0.39, 0.29) is 10.8 Å². The van der Waals surface area contributed by atoms with Crippen LogP contribution in [0.4, 0.5) is 0 Å². The van der Waals surface area contributed by atoms with E-state index in [9.17, 15) is 10.1 Å². The molecule has 0 unspecified atom stereocenters. The normalized spacial score (nSPS) is 18.5. The van der Waals surface area contributed by atoms with Gasteiger partial charge in [-0.3, -0.25) is 10.1 Å². The first-order chi connectivity index (χ1) is 11.8. The van der Waals surface area contributed by atoms with Crippen molar-refractivity contribution >= 4 is 0 Å². The Balaban J connectivity index is 1.89. The Morgan fingerprint density at radius 2 is 1.17 bits per heavy atom. The predicted molar refractivity (Wildman–Crippen MR) is 93.7 cm³/mol. The first-order valence-electron chi connectivity index (χ1n) is 8.11. The average molecular weight is 315 g/mol. The third-order valence-corrected chi connectivity index (χ3v) is 4.83. The number of hydrogen-bond acceptors (Lipinski definition) is 2. The fourth-order valence-electron chi connectivity index (χ4n) is 3.79. The molecule has 0 spiro atoms. The maximum absolute atomic E-state index is 11.8. The fourth-order valence-corrected chi connectivity index (χ4v) is 3.79. The topological polar surface area (TPSA) is 43.1 Å². The quantitative estimate of drug-likeness (QED) is 0.517. The van der Waals surface area contributed by atoms with Gasteiger partial charge < -0.3 is 0 Å². The molecule has 4 rings (SSSR count). The zero-order valence-electron chi connectivity index (χ0n) is 13.1. The van der Waals surface area contributed by atoms with E-state index in [1.165, 1.54) is 5.56 Å². The molecule has 3 aromatic rings. The van der Waals surface area contributed by atoms with E-state index in [0.717, 1.165) is 28.7 Å². The zero-order chi connectivity index (χ0) is 16.5. The maximum Gasteiger partial charge on any atom is 0.263 e. The molecule has 0 saturated carbocycles. The first-order valence-corrected chi connectivity index (χ1v) is 8.11. The van der Waals surface area contributed by atoms with E-state index in [1.807, 2.05) is 66.7 Å². The van der Waals surface area contributed by atoms with Gasteiger partial charge in [0.1, 0.15) is 0 Å². The number of nitro groups is 1. The number of hydrogen-bond donors (Lipinski definition) is 0. The van der Waals surface area contributed by atoms with Gasteiger partial charge in [-0.25, -0.2) is 0 Å². The number of fused-ring (bicyclic) bond motifs is 2. The van der Waals surface area contributed by atoms with Crippen molar-refractivity contribution < 1.29 is 4.92 Å². The van der Waals surface area contributed by atoms with Crippen LogP contribution in [0.25, 0.3) is 0 Å². The van der Waals surface area contributed by atoms with E-state index in [0.29, 0.717) is 0 Å². The highest BCUT2D eigenvalue weighted by Crippen LogP contribution is 2.44. The molecule has 0 saturated heterocycles. The fraction of sp³-hybridized carbons (Fsp3) is 0.143. The van der Waals surface area contributed by atoms with Crippen molar-refractivity contribution in [3.8, 4) is 0 Å². The molecule has 0 heterocycles. The van der Waals surface area contributed by atoms with Crippen molar-refractivity contribution in [1.82, 2.24) is 0 Å². The maximum atomic E-state index is 11.8. The van der Waals surface area contributed by atoms with Crippen LogP contribution in [0.2, 0.25) is 0 Å². The van der Waals surface area contributed by atoms with Crippen molar-refractivity contribution in [2.24, 2.45) is 0 Å². The third-order valence-electron chi connectivity index (χ3n) is 4.83. The summed E-state index contributed by atoms with van der Waals surface area (Å²) >= 11 is 0. The second kappa shape index (κ2) is 5.93. The summed E-state index contributed by atoms with van der Waals surface area (Å²) in [7, 11) is 0. The van der Waals surface area contributed by atoms with Crippen LogP contribution in [0.5, 0.6) is 0 Å². The molecule has 0 atom stereocenters. The van der Waals surface area contributed by atoms with Crippen molar-refractivity contribution in [3.05, 3.63) is 117 Å². The molecule has 24 heavy (non-hydrogen) atoms. The molecule has 3 heteroatoms. The van der Waals surface area contributed by atoms with E-state index in [1.54, 1.807) is 0 Å². The minimum Gasteiger partial charge on any atom is -0.264 e. The summed E-state index contributed by atoms with van der Waals surface area (Å²) in [4.78, 5) is 11.6. The van der Waals surface area contributed by atoms with Gasteiger partial charge in [0, 0.05) is 22.0 Å². The summed E-state index contributed by atoms with van der Waals surface area (Å²) in [5.74, 6) is 0.149. The molecule has 0 bridgehead atoms. The molecular formula is C21H17NO2. The molecule has 118 valence electrons. The SMILES string of the molecule is O=[N+]([O-])C1c2ccccc2C(Cc2ccccc2)c2ccccc21. The van der Waals surface area contributed by atoms with Gasteiger partial charge in [0.2, 0.25) is 0 Å². The van der Waals surface area contributed by atoms with Crippen LogP contribution in [0, 0.1) is 10.1 Å². The van der Waals surface area contributed by atoms with Crippen LogP contribution >= 0.6 is 0 Å². The summed E-state index contributed by atoms with van der Waals surface area (Å²) in [5, 5.41) is 11.8. The molecule has 0 N–H and O–H groups in total. The second-order valence-corrected chi connectivity index (χ2v) is 6.19. The summed E-state index contributed by atoms with van der Waals surface area (Å²) in [6.45, 7) is 0. The summed E-state index contributed by atoms with van der Waals surface area (Å²) in [6, 6.07) is 25.1. The Morgan fingerprint density at radius 1 is 0.708 bits per heavy atom. The highest BCUT2D eigenvalue weighted by molar-refractivity contribution is 5.52. The number of rotatable bonds is 3. The highest BCUT2D eigenvalue weighted by atomic mass is 16.6. The van der Waals surface area contributed by atoms with Crippen molar-refractivity contribution in [2.45, 2.75) is 18.4 Å². The molecule has 0 radical (unpaired) electrons. The van der Waals surface area contributed by atoms with Gasteiger partial charge >= 0.3 is 0 Å². The summed E-state index contributed by atoms with van der Waals surface area (Å²) < 4.78 is 0. The van der Waals surface area contributed by atoms with Crippen LogP contribution < -0.4 is 0 Å². The molecule has 0 aromatic heterocycles. The van der Waals surface area contributed by atoms with Gasteiger partial charge in [-0.15, -0.1) is 0 Å². The highest BCUT2D eigenvalue weighted by Gasteiger charge is 2.38. The Labute approximate surface area is 140 Å². The standard InChI is InChI=1S/C21H17NO2/c23-22(24)21-18-12-6-4-10-16(18)20(14-15-8-2-1-3-9-15)17-11-5-7-13-19(17)21/h1-13,20-21H,14H2. The smallest absolute Gasteiger partial charge is 0.263 e. The predicted octanol–water partition coefficient (Wildman–Crippen LogP) is 4.74. The molecule has 1 aliphatic rings.